The molecular formula is C21H33IN4OS. The molecule has 0 bridgehead atoms. The third-order valence-corrected chi connectivity index (χ3v) is 5.52. The maximum atomic E-state index is 5.26. The van der Waals surface area contributed by atoms with Gasteiger partial charge in [-0.2, -0.15) is 0 Å². The lowest BCUT2D eigenvalue weighted by Crippen LogP contribution is -2.45. The van der Waals surface area contributed by atoms with Crippen molar-refractivity contribution in [3.05, 3.63) is 51.7 Å². The van der Waals surface area contributed by atoms with Gasteiger partial charge in [0.15, 0.2) is 5.96 Å². The monoisotopic (exact) mass is 516 g/mol. The summed E-state index contributed by atoms with van der Waals surface area (Å²) in [5, 5.41) is 6.96. The molecule has 0 radical (unpaired) electrons. The summed E-state index contributed by atoms with van der Waals surface area (Å²) < 4.78 is 5.26. The average molecular weight is 516 g/mol. The zero-order chi connectivity index (χ0) is 19.8. The molecule has 0 saturated carbocycles. The Bertz CT molecular complexity index is 730. The van der Waals surface area contributed by atoms with Crippen molar-refractivity contribution >= 4 is 41.3 Å². The van der Waals surface area contributed by atoms with Gasteiger partial charge in [0.25, 0.3) is 0 Å². The second-order valence-electron chi connectivity index (χ2n) is 6.97. The summed E-state index contributed by atoms with van der Waals surface area (Å²) in [5.41, 5.74) is 1.24. The standard InChI is InChI=1S/C21H32N4OS.HI/c1-15(13-19-12-7-16(2)27-19)24-21(22-3)23-14-20(25(4)5)17-8-10-18(26-6)11-9-17;/h7-12,15,20H,13-14H2,1-6H3,(H2,22,23,24);1H. The van der Waals surface area contributed by atoms with E-state index in [2.05, 4.69) is 72.7 Å². The highest BCUT2D eigenvalue weighted by Gasteiger charge is 2.15. The van der Waals surface area contributed by atoms with Crippen LogP contribution in [0, 0.1) is 6.92 Å². The van der Waals surface area contributed by atoms with Crippen molar-refractivity contribution < 1.29 is 4.74 Å². The van der Waals surface area contributed by atoms with Crippen LogP contribution < -0.4 is 15.4 Å². The average Bonchev–Trinajstić information content (AvgIpc) is 3.05. The Balaban J connectivity index is 0.00000392. The number of hydrogen-bond donors (Lipinski definition) is 2. The summed E-state index contributed by atoms with van der Waals surface area (Å²) in [6.45, 7) is 5.10. The minimum absolute atomic E-state index is 0. The lowest BCUT2D eigenvalue weighted by Gasteiger charge is -2.27. The van der Waals surface area contributed by atoms with Gasteiger partial charge in [-0.25, -0.2) is 0 Å². The number of nitrogens with zero attached hydrogens (tertiary/aromatic N) is 2. The van der Waals surface area contributed by atoms with E-state index in [-0.39, 0.29) is 30.0 Å². The van der Waals surface area contributed by atoms with Crippen molar-refractivity contribution in [3.63, 3.8) is 0 Å². The van der Waals surface area contributed by atoms with E-state index in [1.165, 1.54) is 15.3 Å². The minimum Gasteiger partial charge on any atom is -0.497 e. The van der Waals surface area contributed by atoms with Crippen LogP contribution in [0.25, 0.3) is 0 Å². The quantitative estimate of drug-likeness (QED) is 0.316. The SMILES string of the molecule is CN=C(NCC(c1ccc(OC)cc1)N(C)C)NC(C)Cc1ccc(C)s1.I. The van der Waals surface area contributed by atoms with Gasteiger partial charge >= 0.3 is 0 Å². The smallest absolute Gasteiger partial charge is 0.191 e. The molecule has 0 saturated heterocycles. The maximum absolute atomic E-state index is 5.26. The maximum Gasteiger partial charge on any atom is 0.191 e. The molecule has 2 aromatic rings. The van der Waals surface area contributed by atoms with Crippen LogP contribution in [0.15, 0.2) is 41.4 Å². The molecule has 156 valence electrons. The molecule has 28 heavy (non-hydrogen) atoms. The van der Waals surface area contributed by atoms with Crippen LogP contribution in [0.4, 0.5) is 0 Å². The minimum atomic E-state index is 0. The summed E-state index contributed by atoms with van der Waals surface area (Å²) in [5.74, 6) is 1.70. The van der Waals surface area contributed by atoms with Gasteiger partial charge in [0.1, 0.15) is 5.75 Å². The number of aryl methyl sites for hydroxylation is 1. The fraction of sp³-hybridized carbons (Fsp3) is 0.476. The molecule has 5 nitrogen and oxygen atoms in total. The van der Waals surface area contributed by atoms with Gasteiger partial charge in [0.2, 0.25) is 0 Å². The number of halogens is 1. The van der Waals surface area contributed by atoms with Crippen molar-refractivity contribution in [3.8, 4) is 5.75 Å². The zero-order valence-corrected chi connectivity index (χ0v) is 20.8. The van der Waals surface area contributed by atoms with E-state index < -0.39 is 0 Å². The highest BCUT2D eigenvalue weighted by molar-refractivity contribution is 14.0. The molecular weight excluding hydrogens is 483 g/mol. The number of rotatable bonds is 8. The molecule has 0 aliphatic heterocycles. The Morgan fingerprint density at radius 3 is 2.36 bits per heavy atom. The first-order valence-corrected chi connectivity index (χ1v) is 10.1. The van der Waals surface area contributed by atoms with Gasteiger partial charge in [0, 0.05) is 35.8 Å². The van der Waals surface area contributed by atoms with Crippen molar-refractivity contribution in [2.45, 2.75) is 32.4 Å². The van der Waals surface area contributed by atoms with Gasteiger partial charge in [-0.3, -0.25) is 4.99 Å². The molecule has 2 atom stereocenters. The number of hydrogen-bond acceptors (Lipinski definition) is 4. The molecule has 1 aromatic carbocycles. The summed E-state index contributed by atoms with van der Waals surface area (Å²) >= 11 is 1.86. The predicted octanol–water partition coefficient (Wildman–Crippen LogP) is 4.08. The van der Waals surface area contributed by atoms with E-state index in [4.69, 9.17) is 4.74 Å². The fourth-order valence-corrected chi connectivity index (χ4v) is 4.01. The van der Waals surface area contributed by atoms with Crippen molar-refractivity contribution in [1.82, 2.24) is 15.5 Å². The Morgan fingerprint density at radius 1 is 1.18 bits per heavy atom. The molecule has 0 amide bonds. The predicted molar refractivity (Wildman–Crippen MR) is 132 cm³/mol. The van der Waals surface area contributed by atoms with Crippen LogP contribution in [-0.4, -0.2) is 51.7 Å². The number of aliphatic imine (C=N–C) groups is 1. The van der Waals surface area contributed by atoms with Gasteiger partial charge in [-0.15, -0.1) is 35.3 Å². The van der Waals surface area contributed by atoms with Gasteiger partial charge in [-0.05, 0) is 57.8 Å². The fourth-order valence-electron chi connectivity index (χ4n) is 2.99. The molecule has 0 aliphatic rings. The Morgan fingerprint density at radius 2 is 1.86 bits per heavy atom. The molecule has 1 aromatic heterocycles. The number of thiophene rings is 1. The second kappa shape index (κ2) is 12.3. The van der Waals surface area contributed by atoms with Crippen molar-refractivity contribution in [2.75, 3.05) is 34.8 Å². The number of likely N-dealkylation sites (N-methyl/N-ethyl adjacent to an activating group) is 1. The zero-order valence-electron chi connectivity index (χ0n) is 17.7. The number of benzene rings is 1. The van der Waals surface area contributed by atoms with Gasteiger partial charge in [-0.1, -0.05) is 12.1 Å². The van der Waals surface area contributed by atoms with E-state index in [1.54, 1.807) is 7.11 Å². The van der Waals surface area contributed by atoms with Crippen LogP contribution in [0.2, 0.25) is 0 Å². The number of guanidine groups is 1. The normalized spacial score (nSPS) is 13.6. The Hall–Kier alpha value is -1.32. The molecule has 7 heteroatoms. The molecule has 2 unspecified atom stereocenters. The first-order chi connectivity index (χ1) is 12.9. The topological polar surface area (TPSA) is 48.9 Å². The lowest BCUT2D eigenvalue weighted by molar-refractivity contribution is 0.297. The first kappa shape index (κ1) is 24.7. The van der Waals surface area contributed by atoms with Crippen LogP contribution in [0.1, 0.15) is 28.3 Å². The summed E-state index contributed by atoms with van der Waals surface area (Å²) in [4.78, 5) is 9.35. The first-order valence-electron chi connectivity index (χ1n) is 9.25. The molecule has 2 rings (SSSR count). The molecule has 0 fully saturated rings. The molecule has 1 heterocycles. The molecule has 0 aliphatic carbocycles. The van der Waals surface area contributed by atoms with Crippen molar-refractivity contribution in [1.29, 1.82) is 0 Å². The summed E-state index contributed by atoms with van der Waals surface area (Å²) in [6, 6.07) is 13.2. The summed E-state index contributed by atoms with van der Waals surface area (Å²) in [7, 11) is 7.69. The Labute approximate surface area is 190 Å². The van der Waals surface area contributed by atoms with E-state index in [0.29, 0.717) is 6.04 Å². The van der Waals surface area contributed by atoms with Crippen LogP contribution in [0.5, 0.6) is 5.75 Å². The number of ether oxygens (including phenoxy) is 1. The van der Waals surface area contributed by atoms with E-state index in [0.717, 1.165) is 24.7 Å². The van der Waals surface area contributed by atoms with Crippen LogP contribution >= 0.6 is 35.3 Å². The molecule has 2 N–H and O–H groups in total. The van der Waals surface area contributed by atoms with E-state index in [9.17, 15) is 0 Å². The third kappa shape index (κ3) is 7.60. The van der Waals surface area contributed by atoms with Crippen LogP contribution in [-0.2, 0) is 6.42 Å². The van der Waals surface area contributed by atoms with Gasteiger partial charge in [0.05, 0.1) is 13.2 Å². The summed E-state index contributed by atoms with van der Waals surface area (Å²) in [6.07, 6.45) is 0.995. The highest BCUT2D eigenvalue weighted by Crippen LogP contribution is 2.21. The second-order valence-corrected chi connectivity index (χ2v) is 8.34. The molecule has 0 spiro atoms. The van der Waals surface area contributed by atoms with Crippen molar-refractivity contribution in [2.24, 2.45) is 4.99 Å². The highest BCUT2D eigenvalue weighted by atomic mass is 127. The van der Waals surface area contributed by atoms with E-state index in [1.807, 2.05) is 30.5 Å². The lowest BCUT2D eigenvalue weighted by atomic mass is 10.1. The third-order valence-electron chi connectivity index (χ3n) is 4.50. The van der Waals surface area contributed by atoms with E-state index >= 15 is 0 Å². The van der Waals surface area contributed by atoms with Crippen LogP contribution in [0.3, 0.4) is 0 Å². The Kier molecular flexibility index (Phi) is 10.8. The number of nitrogens with one attached hydrogen (secondary N) is 2. The largest absolute Gasteiger partial charge is 0.497 e. The number of methoxy groups -OCH3 is 1. The van der Waals surface area contributed by atoms with Gasteiger partial charge < -0.3 is 20.3 Å².